The summed E-state index contributed by atoms with van der Waals surface area (Å²) < 4.78 is 62.0. The van der Waals surface area contributed by atoms with Crippen LogP contribution in [0.3, 0.4) is 0 Å². The highest BCUT2D eigenvalue weighted by Gasteiger charge is 2.37. The monoisotopic (exact) mass is 671 g/mol. The van der Waals surface area contributed by atoms with Crippen LogP contribution >= 0.6 is 0 Å². The normalized spacial score (nSPS) is 17.6. The van der Waals surface area contributed by atoms with Crippen LogP contribution < -0.4 is 9.64 Å². The van der Waals surface area contributed by atoms with E-state index in [0.29, 0.717) is 42.9 Å². The predicted molar refractivity (Wildman–Crippen MR) is 176 cm³/mol. The van der Waals surface area contributed by atoms with Crippen LogP contribution in [0.2, 0.25) is 0 Å². The molecule has 0 spiro atoms. The average Bonchev–Trinajstić information content (AvgIpc) is 2.96. The lowest BCUT2D eigenvalue weighted by Crippen LogP contribution is -2.39. The Labute approximate surface area is 279 Å². The van der Waals surface area contributed by atoms with Crippen LogP contribution in [0.25, 0.3) is 11.1 Å². The highest BCUT2D eigenvalue weighted by Crippen LogP contribution is 2.45. The third kappa shape index (κ3) is 8.29. The summed E-state index contributed by atoms with van der Waals surface area (Å²) in [6.07, 6.45) is -3.52. The number of aryl methyl sites for hydroxylation is 2. The summed E-state index contributed by atoms with van der Waals surface area (Å²) in [7, 11) is 0. The molecule has 1 atom stereocenters. The Morgan fingerprint density at radius 2 is 1.69 bits per heavy atom. The van der Waals surface area contributed by atoms with Crippen molar-refractivity contribution in [2.24, 2.45) is 5.41 Å². The van der Waals surface area contributed by atoms with Gasteiger partial charge < -0.3 is 19.5 Å². The molecule has 3 heterocycles. The summed E-state index contributed by atoms with van der Waals surface area (Å²) in [5.74, 6) is -2.96. The molecule has 0 radical (unpaired) electrons. The van der Waals surface area contributed by atoms with E-state index in [1.807, 2.05) is 40.7 Å². The van der Waals surface area contributed by atoms with Gasteiger partial charge in [-0.15, -0.1) is 13.2 Å². The second kappa shape index (κ2) is 13.3. The molecule has 2 aliphatic heterocycles. The largest absolute Gasteiger partial charge is 0.573 e. The van der Waals surface area contributed by atoms with Crippen molar-refractivity contribution in [3.05, 3.63) is 75.9 Å². The fourth-order valence-electron chi connectivity index (χ4n) is 6.77. The van der Waals surface area contributed by atoms with Gasteiger partial charge in [0.1, 0.15) is 0 Å². The maximum atomic E-state index is 14.4. The summed E-state index contributed by atoms with van der Waals surface area (Å²) in [6, 6.07) is 9.83. The van der Waals surface area contributed by atoms with Crippen molar-refractivity contribution < 1.29 is 36.9 Å². The van der Waals surface area contributed by atoms with E-state index >= 15 is 0 Å². The van der Waals surface area contributed by atoms with Crippen molar-refractivity contribution in [3.63, 3.8) is 0 Å². The molecular formula is C37H45F4N3O4. The van der Waals surface area contributed by atoms with Gasteiger partial charge in [-0.1, -0.05) is 38.1 Å². The number of hydrogen-bond acceptors (Lipinski definition) is 6. The van der Waals surface area contributed by atoms with Crippen molar-refractivity contribution in [2.75, 3.05) is 24.5 Å². The van der Waals surface area contributed by atoms with E-state index in [-0.39, 0.29) is 5.41 Å². The molecule has 2 aromatic carbocycles. The predicted octanol–water partition coefficient (Wildman–Crippen LogP) is 8.53. The standard InChI is InChI=1S/C37H45F4N3O4/c1-22-30(32(44-16-13-36(6,7)14-17-44)31(23(2)42-22)33(34(45)46)48-35(3,4)5)26-9-10-27-21-43(15-12-25(27)19-26)20-24-8-11-29(28(38)18-24)47-37(39,40)41/h8-11,18-19,33H,12-17,20-21H2,1-7H3,(H,45,46). The molecule has 2 aliphatic rings. The number of halogens is 4. The summed E-state index contributed by atoms with van der Waals surface area (Å²) in [4.78, 5) is 22.1. The van der Waals surface area contributed by atoms with Crippen LogP contribution in [-0.2, 0) is 29.0 Å². The number of rotatable bonds is 8. The van der Waals surface area contributed by atoms with Gasteiger partial charge in [-0.2, -0.15) is 0 Å². The van der Waals surface area contributed by atoms with Crippen LogP contribution in [0.5, 0.6) is 5.75 Å². The van der Waals surface area contributed by atoms with Crippen molar-refractivity contribution in [3.8, 4) is 16.9 Å². The fourth-order valence-corrected chi connectivity index (χ4v) is 6.77. The van der Waals surface area contributed by atoms with Crippen LogP contribution in [0, 0.1) is 25.1 Å². The zero-order valence-corrected chi connectivity index (χ0v) is 28.7. The topological polar surface area (TPSA) is 75.1 Å². The number of nitrogens with zero attached hydrogens (tertiary/aromatic N) is 3. The first kappa shape index (κ1) is 35.6. The summed E-state index contributed by atoms with van der Waals surface area (Å²) in [5.41, 5.74) is 7.04. The molecule has 1 fully saturated rings. The van der Waals surface area contributed by atoms with Gasteiger partial charge in [0, 0.05) is 55.2 Å². The van der Waals surface area contributed by atoms with Crippen molar-refractivity contribution in [1.82, 2.24) is 9.88 Å². The Kier molecular flexibility index (Phi) is 9.87. The second-order valence-corrected chi connectivity index (χ2v) is 14.8. The molecule has 1 N–H and O–H groups in total. The number of piperidine rings is 1. The maximum Gasteiger partial charge on any atom is 0.573 e. The van der Waals surface area contributed by atoms with E-state index in [4.69, 9.17) is 9.72 Å². The third-order valence-corrected chi connectivity index (χ3v) is 9.18. The van der Waals surface area contributed by atoms with E-state index < -0.39 is 35.6 Å². The highest BCUT2D eigenvalue weighted by atomic mass is 19.4. The zero-order chi connectivity index (χ0) is 35.2. The van der Waals surface area contributed by atoms with Gasteiger partial charge in [0.05, 0.1) is 11.3 Å². The molecule has 0 saturated carbocycles. The zero-order valence-electron chi connectivity index (χ0n) is 28.7. The minimum atomic E-state index is -4.96. The molecule has 260 valence electrons. The molecule has 1 aromatic heterocycles. The Hall–Kier alpha value is -3.70. The van der Waals surface area contributed by atoms with Gasteiger partial charge in [0.2, 0.25) is 0 Å². The molecule has 1 saturated heterocycles. The number of fused-ring (bicyclic) bond motifs is 1. The fraction of sp³-hybridized carbons (Fsp3) is 0.514. The van der Waals surface area contributed by atoms with Gasteiger partial charge in [0.15, 0.2) is 17.7 Å². The Morgan fingerprint density at radius 1 is 1.00 bits per heavy atom. The van der Waals surface area contributed by atoms with E-state index in [1.54, 1.807) is 0 Å². The van der Waals surface area contributed by atoms with E-state index in [2.05, 4.69) is 40.5 Å². The second-order valence-electron chi connectivity index (χ2n) is 14.8. The lowest BCUT2D eigenvalue weighted by atomic mass is 9.81. The molecule has 11 heteroatoms. The van der Waals surface area contributed by atoms with Crippen molar-refractivity contribution in [1.29, 1.82) is 0 Å². The molecule has 3 aromatic rings. The number of benzene rings is 2. The number of pyridine rings is 1. The third-order valence-electron chi connectivity index (χ3n) is 9.18. The quantitative estimate of drug-likeness (QED) is 0.241. The van der Waals surface area contributed by atoms with Crippen LogP contribution in [-0.4, -0.2) is 52.6 Å². The lowest BCUT2D eigenvalue weighted by Gasteiger charge is -2.41. The first-order valence-electron chi connectivity index (χ1n) is 16.4. The smallest absolute Gasteiger partial charge is 0.479 e. The Bertz CT molecular complexity index is 1670. The number of hydrogen-bond donors (Lipinski definition) is 1. The van der Waals surface area contributed by atoms with Gasteiger partial charge in [-0.25, -0.2) is 9.18 Å². The number of anilines is 1. The van der Waals surface area contributed by atoms with Gasteiger partial charge >= 0.3 is 12.3 Å². The van der Waals surface area contributed by atoms with Gasteiger partial charge in [0.25, 0.3) is 0 Å². The minimum absolute atomic E-state index is 0.185. The minimum Gasteiger partial charge on any atom is -0.479 e. The number of carboxylic acid groups (broad SMARTS) is 1. The number of carbonyl (C=O) groups is 1. The van der Waals surface area contributed by atoms with E-state index in [0.717, 1.165) is 71.7 Å². The first-order valence-corrected chi connectivity index (χ1v) is 16.4. The van der Waals surface area contributed by atoms with Crippen LogP contribution in [0.1, 0.15) is 87.2 Å². The lowest BCUT2D eigenvalue weighted by molar-refractivity contribution is -0.275. The van der Waals surface area contributed by atoms with Crippen molar-refractivity contribution >= 4 is 11.7 Å². The first-order chi connectivity index (χ1) is 22.3. The van der Waals surface area contributed by atoms with Crippen LogP contribution in [0.4, 0.5) is 23.2 Å². The molecule has 7 nitrogen and oxygen atoms in total. The molecule has 48 heavy (non-hydrogen) atoms. The average molecular weight is 672 g/mol. The molecular weight excluding hydrogens is 626 g/mol. The van der Waals surface area contributed by atoms with E-state index in [1.165, 1.54) is 6.07 Å². The molecule has 1 unspecified atom stereocenters. The molecule has 0 amide bonds. The number of aliphatic carboxylic acids is 1. The molecule has 0 bridgehead atoms. The number of aromatic nitrogens is 1. The number of ether oxygens (including phenoxy) is 2. The Morgan fingerprint density at radius 3 is 2.29 bits per heavy atom. The molecule has 5 rings (SSSR count). The SMILES string of the molecule is Cc1nc(C)c(C(OC(C)(C)C)C(=O)O)c(N2CCC(C)(C)CC2)c1-c1ccc2c(c1)CCN(Cc1ccc(OC(F)(F)F)c(F)c1)C2. The van der Waals surface area contributed by atoms with E-state index in [9.17, 15) is 27.5 Å². The summed E-state index contributed by atoms with van der Waals surface area (Å²) in [6.45, 7) is 17.1. The van der Waals surface area contributed by atoms with Gasteiger partial charge in [-0.3, -0.25) is 9.88 Å². The maximum absolute atomic E-state index is 14.4. The summed E-state index contributed by atoms with van der Waals surface area (Å²) >= 11 is 0. The summed E-state index contributed by atoms with van der Waals surface area (Å²) in [5, 5.41) is 10.5. The molecule has 0 aliphatic carbocycles. The van der Waals surface area contributed by atoms with Crippen molar-refractivity contribution in [2.45, 2.75) is 98.9 Å². The Balaban J connectivity index is 1.49. The highest BCUT2D eigenvalue weighted by molar-refractivity contribution is 5.88. The van der Waals surface area contributed by atoms with Gasteiger partial charge in [-0.05, 0) is 93.7 Å². The number of carboxylic acids is 1. The number of alkyl halides is 3. The van der Waals surface area contributed by atoms with Crippen LogP contribution in [0.15, 0.2) is 36.4 Å².